The number of ether oxygens (including phenoxy) is 1. The molecule has 2 nitrogen and oxygen atoms in total. The van der Waals surface area contributed by atoms with Crippen LogP contribution in [-0.2, 0) is 4.74 Å². The lowest BCUT2D eigenvalue weighted by molar-refractivity contribution is -0.00277. The highest BCUT2D eigenvalue weighted by Gasteiger charge is 2.26. The van der Waals surface area contributed by atoms with Crippen LogP contribution in [0.4, 0.5) is 0 Å². The summed E-state index contributed by atoms with van der Waals surface area (Å²) in [5, 5.41) is 3.85. The smallest absolute Gasteiger partial charge is 0.0587 e. The van der Waals surface area contributed by atoms with Crippen LogP contribution >= 0.6 is 0 Å². The highest BCUT2D eigenvalue weighted by Crippen LogP contribution is 2.28. The van der Waals surface area contributed by atoms with Gasteiger partial charge < -0.3 is 10.1 Å². The summed E-state index contributed by atoms with van der Waals surface area (Å²) in [5.41, 5.74) is 0. The van der Waals surface area contributed by atoms with Gasteiger partial charge in [-0.2, -0.15) is 0 Å². The van der Waals surface area contributed by atoms with Crippen LogP contribution in [0.1, 0.15) is 58.8 Å². The summed E-state index contributed by atoms with van der Waals surface area (Å²) < 4.78 is 5.72. The maximum atomic E-state index is 5.72. The molecule has 0 bridgehead atoms. The van der Waals surface area contributed by atoms with E-state index in [4.69, 9.17) is 4.74 Å². The number of rotatable bonds is 4. The van der Waals surface area contributed by atoms with Gasteiger partial charge in [-0.1, -0.05) is 19.8 Å². The minimum absolute atomic E-state index is 0.502. The van der Waals surface area contributed by atoms with Gasteiger partial charge in [0.1, 0.15) is 0 Å². The Morgan fingerprint density at radius 2 is 2.00 bits per heavy atom. The summed E-state index contributed by atoms with van der Waals surface area (Å²) in [6, 6.07) is 1.41. The average Bonchev–Trinajstić information content (AvgIpc) is 2.83. The zero-order chi connectivity index (χ0) is 11.4. The molecular formula is C14H27NO. The fourth-order valence-corrected chi connectivity index (χ4v) is 3.28. The SMILES string of the molecule is CCC1CC(NC(C)C2CCCC2)CCO1. The highest BCUT2D eigenvalue weighted by molar-refractivity contribution is 4.83. The van der Waals surface area contributed by atoms with Crippen molar-refractivity contribution in [1.82, 2.24) is 5.32 Å². The molecule has 1 heterocycles. The molecule has 2 rings (SSSR count). The van der Waals surface area contributed by atoms with Crippen LogP contribution in [0, 0.1) is 5.92 Å². The lowest BCUT2D eigenvalue weighted by atomic mass is 9.95. The van der Waals surface area contributed by atoms with E-state index in [1.54, 1.807) is 0 Å². The van der Waals surface area contributed by atoms with Crippen LogP contribution in [-0.4, -0.2) is 24.8 Å². The minimum Gasteiger partial charge on any atom is -0.378 e. The van der Waals surface area contributed by atoms with E-state index in [0.717, 1.165) is 18.9 Å². The zero-order valence-corrected chi connectivity index (χ0v) is 10.9. The van der Waals surface area contributed by atoms with E-state index < -0.39 is 0 Å². The van der Waals surface area contributed by atoms with Crippen molar-refractivity contribution in [3.8, 4) is 0 Å². The molecule has 0 aromatic rings. The lowest BCUT2D eigenvalue weighted by Crippen LogP contribution is -2.45. The van der Waals surface area contributed by atoms with E-state index in [9.17, 15) is 0 Å². The molecule has 2 aliphatic rings. The first kappa shape index (κ1) is 12.4. The Kier molecular flexibility index (Phi) is 4.66. The van der Waals surface area contributed by atoms with Gasteiger partial charge in [0.15, 0.2) is 0 Å². The molecule has 1 saturated heterocycles. The molecule has 1 aliphatic carbocycles. The van der Waals surface area contributed by atoms with Crippen molar-refractivity contribution >= 4 is 0 Å². The molecule has 16 heavy (non-hydrogen) atoms. The van der Waals surface area contributed by atoms with Crippen LogP contribution in [0.5, 0.6) is 0 Å². The molecule has 1 saturated carbocycles. The van der Waals surface area contributed by atoms with Crippen molar-refractivity contribution < 1.29 is 4.74 Å². The van der Waals surface area contributed by atoms with Crippen LogP contribution in [0.25, 0.3) is 0 Å². The fourth-order valence-electron chi connectivity index (χ4n) is 3.28. The zero-order valence-electron chi connectivity index (χ0n) is 10.9. The van der Waals surface area contributed by atoms with Crippen molar-refractivity contribution in [2.24, 2.45) is 5.92 Å². The van der Waals surface area contributed by atoms with Gasteiger partial charge in [0, 0.05) is 18.7 Å². The third-order valence-electron chi connectivity index (χ3n) is 4.43. The van der Waals surface area contributed by atoms with E-state index in [-0.39, 0.29) is 0 Å². The van der Waals surface area contributed by atoms with Gasteiger partial charge in [-0.15, -0.1) is 0 Å². The molecule has 2 fully saturated rings. The predicted molar refractivity (Wildman–Crippen MR) is 67.6 cm³/mol. The Bertz CT molecular complexity index is 201. The molecule has 2 heteroatoms. The van der Waals surface area contributed by atoms with Crippen molar-refractivity contribution in [1.29, 1.82) is 0 Å². The van der Waals surface area contributed by atoms with Gasteiger partial charge in [-0.25, -0.2) is 0 Å². The Balaban J connectivity index is 1.75. The molecule has 0 amide bonds. The summed E-state index contributed by atoms with van der Waals surface area (Å²) in [5.74, 6) is 0.933. The Labute approximate surface area is 100 Å². The quantitative estimate of drug-likeness (QED) is 0.794. The van der Waals surface area contributed by atoms with Gasteiger partial charge in [0.25, 0.3) is 0 Å². The van der Waals surface area contributed by atoms with E-state index in [1.165, 1.54) is 38.5 Å². The molecule has 0 aromatic heterocycles. The second kappa shape index (κ2) is 6.02. The molecule has 1 aliphatic heterocycles. The topological polar surface area (TPSA) is 21.3 Å². The standard InChI is InChI=1S/C14H27NO/c1-3-14-10-13(8-9-16-14)15-11(2)12-6-4-5-7-12/h11-15H,3-10H2,1-2H3. The normalized spacial score (nSPS) is 34.1. The van der Waals surface area contributed by atoms with Gasteiger partial charge in [0.05, 0.1) is 6.10 Å². The summed E-state index contributed by atoms with van der Waals surface area (Å²) in [6.45, 7) is 5.56. The number of hydrogen-bond acceptors (Lipinski definition) is 2. The highest BCUT2D eigenvalue weighted by atomic mass is 16.5. The van der Waals surface area contributed by atoms with Gasteiger partial charge in [-0.05, 0) is 44.9 Å². The maximum absolute atomic E-state index is 5.72. The molecule has 0 aromatic carbocycles. The largest absolute Gasteiger partial charge is 0.378 e. The Hall–Kier alpha value is -0.0800. The van der Waals surface area contributed by atoms with E-state index in [0.29, 0.717) is 18.2 Å². The van der Waals surface area contributed by atoms with Crippen molar-refractivity contribution in [3.63, 3.8) is 0 Å². The third-order valence-corrected chi connectivity index (χ3v) is 4.43. The van der Waals surface area contributed by atoms with E-state index in [1.807, 2.05) is 0 Å². The lowest BCUT2D eigenvalue weighted by Gasteiger charge is -2.33. The van der Waals surface area contributed by atoms with E-state index >= 15 is 0 Å². The van der Waals surface area contributed by atoms with Crippen LogP contribution in [0.3, 0.4) is 0 Å². The van der Waals surface area contributed by atoms with Crippen molar-refractivity contribution in [2.45, 2.75) is 77.0 Å². The van der Waals surface area contributed by atoms with Crippen LogP contribution < -0.4 is 5.32 Å². The van der Waals surface area contributed by atoms with Gasteiger partial charge >= 0.3 is 0 Å². The molecule has 1 N–H and O–H groups in total. The predicted octanol–water partition coefficient (Wildman–Crippen LogP) is 3.11. The first-order chi connectivity index (χ1) is 7.79. The summed E-state index contributed by atoms with van der Waals surface area (Å²) >= 11 is 0. The van der Waals surface area contributed by atoms with Gasteiger partial charge in [0.2, 0.25) is 0 Å². The van der Waals surface area contributed by atoms with E-state index in [2.05, 4.69) is 19.2 Å². The van der Waals surface area contributed by atoms with Crippen molar-refractivity contribution in [3.05, 3.63) is 0 Å². The molecule has 94 valence electrons. The second-order valence-electron chi connectivity index (χ2n) is 5.62. The molecular weight excluding hydrogens is 198 g/mol. The third kappa shape index (κ3) is 3.21. The molecule has 0 radical (unpaired) electrons. The monoisotopic (exact) mass is 225 g/mol. The number of nitrogens with one attached hydrogen (secondary N) is 1. The van der Waals surface area contributed by atoms with Crippen molar-refractivity contribution in [2.75, 3.05) is 6.61 Å². The maximum Gasteiger partial charge on any atom is 0.0587 e. The molecule has 3 unspecified atom stereocenters. The van der Waals surface area contributed by atoms with Crippen LogP contribution in [0.2, 0.25) is 0 Å². The second-order valence-corrected chi connectivity index (χ2v) is 5.62. The first-order valence-corrected chi connectivity index (χ1v) is 7.17. The fraction of sp³-hybridized carbons (Fsp3) is 1.00. The Morgan fingerprint density at radius 3 is 2.69 bits per heavy atom. The molecule has 0 spiro atoms. The van der Waals surface area contributed by atoms with Gasteiger partial charge in [-0.3, -0.25) is 0 Å². The average molecular weight is 225 g/mol. The minimum atomic E-state index is 0.502. The van der Waals surface area contributed by atoms with Crippen LogP contribution in [0.15, 0.2) is 0 Å². The summed E-state index contributed by atoms with van der Waals surface area (Å²) in [6.07, 6.45) is 9.85. The summed E-state index contributed by atoms with van der Waals surface area (Å²) in [4.78, 5) is 0. The Morgan fingerprint density at radius 1 is 1.25 bits per heavy atom. The summed E-state index contributed by atoms with van der Waals surface area (Å²) in [7, 11) is 0. The first-order valence-electron chi connectivity index (χ1n) is 7.17. The number of hydrogen-bond donors (Lipinski definition) is 1. The molecule has 3 atom stereocenters.